The van der Waals surface area contributed by atoms with Gasteiger partial charge in [0.15, 0.2) is 0 Å². The van der Waals surface area contributed by atoms with Crippen molar-refractivity contribution in [2.24, 2.45) is 0 Å². The molecule has 0 aliphatic carbocycles. The molecule has 1 atom stereocenters. The maximum absolute atomic E-state index is 11.6. The summed E-state index contributed by atoms with van der Waals surface area (Å²) in [5, 5.41) is 19.3. The monoisotopic (exact) mass is 439 g/mol. The van der Waals surface area contributed by atoms with Gasteiger partial charge < -0.3 is 29.3 Å². The number of benzene rings is 1. The first-order valence-corrected chi connectivity index (χ1v) is 11.0. The first kappa shape index (κ1) is 27.4. The number of anilines is 1. The molecule has 178 valence electrons. The van der Waals surface area contributed by atoms with E-state index < -0.39 is 5.60 Å². The number of nitrogens with zero attached hydrogens (tertiary/aromatic N) is 1. The average molecular weight is 440 g/mol. The minimum Gasteiger partial charge on any atom is -0.469 e. The van der Waals surface area contributed by atoms with E-state index in [0.29, 0.717) is 32.5 Å². The summed E-state index contributed by atoms with van der Waals surface area (Å²) in [6, 6.07) is 5.63. The topological polar surface area (TPSA) is 88.5 Å². The van der Waals surface area contributed by atoms with Gasteiger partial charge in [0.25, 0.3) is 0 Å². The maximum Gasteiger partial charge on any atom is 0.305 e. The van der Waals surface area contributed by atoms with Crippen molar-refractivity contribution in [3.8, 4) is 0 Å². The molecule has 0 radical (unpaired) electrons. The Bertz CT molecular complexity index is 656. The van der Waals surface area contributed by atoms with Crippen molar-refractivity contribution in [3.63, 3.8) is 0 Å². The van der Waals surface area contributed by atoms with Gasteiger partial charge in [-0.3, -0.25) is 4.79 Å². The summed E-state index contributed by atoms with van der Waals surface area (Å²) >= 11 is 0. The molecular weight excluding hydrogens is 398 g/mol. The van der Waals surface area contributed by atoms with Gasteiger partial charge in [-0.05, 0) is 63.3 Å². The van der Waals surface area contributed by atoms with Crippen LogP contribution in [0.15, 0.2) is 18.2 Å². The lowest BCUT2D eigenvalue weighted by atomic mass is 10.00. The van der Waals surface area contributed by atoms with Gasteiger partial charge in [-0.15, -0.1) is 0 Å². The minimum atomic E-state index is -0.413. The molecule has 31 heavy (non-hydrogen) atoms. The highest BCUT2D eigenvalue weighted by Gasteiger charge is 2.28. The van der Waals surface area contributed by atoms with Crippen molar-refractivity contribution in [2.75, 3.05) is 38.8 Å². The second kappa shape index (κ2) is 13.0. The van der Waals surface area contributed by atoms with Gasteiger partial charge in [0.2, 0.25) is 0 Å². The van der Waals surface area contributed by atoms with Crippen molar-refractivity contribution in [1.29, 1.82) is 0 Å². The number of ether oxygens (including phenoxy) is 3. The zero-order valence-corrected chi connectivity index (χ0v) is 20.1. The number of aliphatic hydroxyl groups is 2. The van der Waals surface area contributed by atoms with E-state index in [9.17, 15) is 15.0 Å². The molecule has 1 aromatic carbocycles. The van der Waals surface area contributed by atoms with Crippen molar-refractivity contribution in [2.45, 2.75) is 77.8 Å². The van der Waals surface area contributed by atoms with Crippen LogP contribution < -0.4 is 4.90 Å². The molecule has 0 spiro atoms. The number of hydrogen-bond donors (Lipinski definition) is 2. The van der Waals surface area contributed by atoms with E-state index in [4.69, 9.17) is 14.2 Å². The van der Waals surface area contributed by atoms with Gasteiger partial charge in [-0.2, -0.15) is 0 Å². The van der Waals surface area contributed by atoms with Gasteiger partial charge in [-0.1, -0.05) is 13.0 Å². The molecule has 0 amide bonds. The molecule has 0 saturated carbocycles. The van der Waals surface area contributed by atoms with Crippen molar-refractivity contribution in [1.82, 2.24) is 0 Å². The first-order valence-electron chi connectivity index (χ1n) is 11.0. The third kappa shape index (κ3) is 9.56. The van der Waals surface area contributed by atoms with E-state index in [2.05, 4.69) is 18.7 Å². The number of hydrogen-bond acceptors (Lipinski definition) is 7. The molecular formula is C24H41NO6. The molecule has 0 aliphatic rings. The highest BCUT2D eigenvalue weighted by Crippen LogP contribution is 2.26. The van der Waals surface area contributed by atoms with Crippen LogP contribution in [0.25, 0.3) is 0 Å². The lowest BCUT2D eigenvalue weighted by Crippen LogP contribution is -2.44. The van der Waals surface area contributed by atoms with E-state index in [1.165, 1.54) is 7.11 Å². The zero-order chi connectivity index (χ0) is 23.5. The number of rotatable bonds is 15. The van der Waals surface area contributed by atoms with Gasteiger partial charge in [0.05, 0.1) is 38.1 Å². The molecule has 7 nitrogen and oxygen atoms in total. The van der Waals surface area contributed by atoms with Crippen molar-refractivity contribution >= 4 is 11.7 Å². The molecule has 1 rings (SSSR count). The molecule has 0 unspecified atom stereocenters. The van der Waals surface area contributed by atoms with Crippen molar-refractivity contribution in [3.05, 3.63) is 29.3 Å². The number of carbonyl (C=O) groups is 1. The SMILES string of the molecule is CC[C@](C)(CN(CCCC(=O)OC)c1cc(CO)cc(CO)c1)OCCC(C)(C)OC. The average Bonchev–Trinajstić information content (AvgIpc) is 2.77. The molecule has 0 aromatic heterocycles. The molecule has 0 saturated heterocycles. The predicted molar refractivity (Wildman–Crippen MR) is 122 cm³/mol. The summed E-state index contributed by atoms with van der Waals surface area (Å²) in [5.41, 5.74) is 1.70. The van der Waals surface area contributed by atoms with Crippen LogP contribution in [0.1, 0.15) is 64.5 Å². The van der Waals surface area contributed by atoms with Gasteiger partial charge >= 0.3 is 5.97 Å². The Labute approximate surface area is 187 Å². The van der Waals surface area contributed by atoms with Crippen LogP contribution in [0.5, 0.6) is 0 Å². The molecule has 7 heteroatoms. The highest BCUT2D eigenvalue weighted by atomic mass is 16.5. The Morgan fingerprint density at radius 2 is 1.68 bits per heavy atom. The molecule has 1 aromatic rings. The molecule has 0 heterocycles. The summed E-state index contributed by atoms with van der Waals surface area (Å²) in [5.74, 6) is -0.239. The third-order valence-electron chi connectivity index (χ3n) is 5.78. The summed E-state index contributed by atoms with van der Waals surface area (Å²) in [6.07, 6.45) is 2.53. The molecule has 0 aliphatic heterocycles. The van der Waals surface area contributed by atoms with Gasteiger partial charge in [0.1, 0.15) is 0 Å². The fraction of sp³-hybridized carbons (Fsp3) is 0.708. The maximum atomic E-state index is 11.6. The van der Waals surface area contributed by atoms with Crippen LogP contribution in [0.2, 0.25) is 0 Å². The lowest BCUT2D eigenvalue weighted by molar-refractivity contribution is -0.140. The number of aliphatic hydroxyl groups excluding tert-OH is 2. The van der Waals surface area contributed by atoms with Crippen LogP contribution in [0.4, 0.5) is 5.69 Å². The van der Waals surface area contributed by atoms with E-state index in [-0.39, 0.29) is 24.8 Å². The number of methoxy groups -OCH3 is 2. The summed E-state index contributed by atoms with van der Waals surface area (Å²) in [6.45, 7) is 9.84. The normalized spacial score (nSPS) is 13.7. The van der Waals surface area contributed by atoms with Gasteiger partial charge in [0, 0.05) is 32.3 Å². The summed E-state index contributed by atoms with van der Waals surface area (Å²) < 4.78 is 16.6. The van der Waals surface area contributed by atoms with Gasteiger partial charge in [-0.25, -0.2) is 0 Å². The van der Waals surface area contributed by atoms with E-state index in [1.54, 1.807) is 13.2 Å². The Balaban J connectivity index is 3.04. The number of carbonyl (C=O) groups excluding carboxylic acids is 1. The third-order valence-corrected chi connectivity index (χ3v) is 5.78. The fourth-order valence-electron chi connectivity index (χ4n) is 3.23. The van der Waals surface area contributed by atoms with Crippen LogP contribution in [0.3, 0.4) is 0 Å². The Morgan fingerprint density at radius 1 is 1.06 bits per heavy atom. The van der Waals surface area contributed by atoms with E-state index in [0.717, 1.165) is 29.7 Å². The van der Waals surface area contributed by atoms with E-state index in [1.807, 2.05) is 26.0 Å². The summed E-state index contributed by atoms with van der Waals surface area (Å²) in [7, 11) is 3.09. The second-order valence-corrected chi connectivity index (χ2v) is 8.79. The Morgan fingerprint density at radius 3 is 2.16 bits per heavy atom. The first-order chi connectivity index (χ1) is 14.6. The van der Waals surface area contributed by atoms with Crippen molar-refractivity contribution < 1.29 is 29.2 Å². The summed E-state index contributed by atoms with van der Waals surface area (Å²) in [4.78, 5) is 13.8. The largest absolute Gasteiger partial charge is 0.469 e. The predicted octanol–water partition coefficient (Wildman–Crippen LogP) is 3.43. The zero-order valence-electron chi connectivity index (χ0n) is 20.1. The Kier molecular flexibility index (Phi) is 11.5. The molecule has 0 fully saturated rings. The van der Waals surface area contributed by atoms with Crippen LogP contribution in [0, 0.1) is 0 Å². The second-order valence-electron chi connectivity index (χ2n) is 8.79. The minimum absolute atomic E-state index is 0.107. The molecule has 2 N–H and O–H groups in total. The smallest absolute Gasteiger partial charge is 0.305 e. The van der Waals surface area contributed by atoms with Crippen LogP contribution in [-0.4, -0.2) is 61.3 Å². The highest BCUT2D eigenvalue weighted by molar-refractivity contribution is 5.69. The van der Waals surface area contributed by atoms with E-state index >= 15 is 0 Å². The van der Waals surface area contributed by atoms with Crippen LogP contribution in [-0.2, 0) is 32.2 Å². The van der Waals surface area contributed by atoms with Crippen LogP contribution >= 0.6 is 0 Å². The standard InChI is InChI=1S/C24H41NO6/c1-7-24(4,31-12-10-23(2,3)30-6)18-25(11-8-9-22(28)29-5)21-14-19(16-26)13-20(15-21)17-27/h13-15,26-27H,7-12,16-18H2,1-6H3/t24-/m1/s1. The fourth-order valence-corrected chi connectivity index (χ4v) is 3.23. The quantitative estimate of drug-likeness (QED) is 0.405. The number of esters is 1. The molecule has 0 bridgehead atoms. The Hall–Kier alpha value is -1.67. The lowest BCUT2D eigenvalue weighted by Gasteiger charge is -2.37.